The second-order valence-corrected chi connectivity index (χ2v) is 3.37. The van der Waals surface area contributed by atoms with Gasteiger partial charge in [-0.2, -0.15) is 0 Å². The van der Waals surface area contributed by atoms with Gasteiger partial charge in [0.2, 0.25) is 0 Å². The van der Waals surface area contributed by atoms with Gasteiger partial charge in [-0.15, -0.1) is 34.2 Å². The normalized spacial score (nSPS) is 10.5. The fourth-order valence-electron chi connectivity index (χ4n) is 0.867. The summed E-state index contributed by atoms with van der Waals surface area (Å²) in [7, 11) is 1.86. The zero-order valence-corrected chi connectivity index (χ0v) is 8.01. The molecule has 0 saturated heterocycles. The molecule has 4 nitrogen and oxygen atoms in total. The molecular weight excluding hydrogens is 192 g/mol. The molecule has 0 radical (unpaired) electrons. The first-order chi connectivity index (χ1) is 5.79. The monoisotopic (exact) mass is 198 g/mol. The van der Waals surface area contributed by atoms with E-state index in [1.807, 2.05) is 12.4 Å². The van der Waals surface area contributed by atoms with E-state index in [9.17, 15) is 0 Å². The maximum atomic E-state index is 4.12. The van der Waals surface area contributed by atoms with E-state index < -0.39 is 0 Å². The predicted molar refractivity (Wildman–Crippen MR) is 49.4 cm³/mol. The fraction of sp³-hybridized carbons (Fsp3) is 0.167. The Kier molecular flexibility index (Phi) is 1.86. The first-order valence-electron chi connectivity index (χ1n) is 3.26. The summed E-state index contributed by atoms with van der Waals surface area (Å²) in [6, 6.07) is 0. The fourth-order valence-corrected chi connectivity index (χ4v) is 1.54. The third-order valence-corrected chi connectivity index (χ3v) is 2.49. The molecule has 0 aliphatic heterocycles. The third-order valence-electron chi connectivity index (χ3n) is 1.51. The molecule has 0 amide bonds. The van der Waals surface area contributed by atoms with E-state index in [2.05, 4.69) is 27.8 Å². The zero-order chi connectivity index (χ0) is 8.55. The van der Waals surface area contributed by atoms with Crippen LogP contribution in [0.15, 0.2) is 16.0 Å². The van der Waals surface area contributed by atoms with Crippen molar-refractivity contribution in [1.29, 1.82) is 0 Å². The van der Waals surface area contributed by atoms with Crippen LogP contribution in [-0.4, -0.2) is 19.7 Å². The lowest BCUT2D eigenvalue weighted by Crippen LogP contribution is -1.92. The van der Waals surface area contributed by atoms with Crippen molar-refractivity contribution in [2.75, 3.05) is 0 Å². The Balaban J connectivity index is 2.55. The smallest absolute Gasteiger partial charge is 0.188 e. The van der Waals surface area contributed by atoms with Crippen LogP contribution in [-0.2, 0) is 7.05 Å². The summed E-state index contributed by atoms with van der Waals surface area (Å²) in [4.78, 5) is 4.12. The molecule has 2 rings (SSSR count). The average molecular weight is 198 g/mol. The molecule has 0 spiro atoms. The van der Waals surface area contributed by atoms with Crippen molar-refractivity contribution in [2.45, 2.75) is 5.16 Å². The van der Waals surface area contributed by atoms with Gasteiger partial charge in [0.25, 0.3) is 0 Å². The molecule has 0 fully saturated rings. The van der Waals surface area contributed by atoms with Crippen LogP contribution in [0.1, 0.15) is 0 Å². The van der Waals surface area contributed by atoms with E-state index in [1.54, 1.807) is 10.1 Å². The van der Waals surface area contributed by atoms with Gasteiger partial charge in [0.05, 0.1) is 5.51 Å². The minimum atomic E-state index is 0.595. The molecule has 2 aromatic heterocycles. The van der Waals surface area contributed by atoms with Gasteiger partial charge in [-0.1, -0.05) is 0 Å². The number of hydrogen-bond donors (Lipinski definition) is 1. The molecule has 0 unspecified atom stereocenters. The van der Waals surface area contributed by atoms with Crippen LogP contribution in [0, 0.1) is 0 Å². The molecule has 12 heavy (non-hydrogen) atoms. The summed E-state index contributed by atoms with van der Waals surface area (Å²) < 4.78 is 1.79. The van der Waals surface area contributed by atoms with Crippen molar-refractivity contribution in [3.63, 3.8) is 0 Å². The SMILES string of the molecule is Cn1c(S)nnc1-c1cscn1. The number of nitrogens with zero attached hydrogens (tertiary/aromatic N) is 4. The van der Waals surface area contributed by atoms with Crippen LogP contribution in [0.25, 0.3) is 11.5 Å². The van der Waals surface area contributed by atoms with Crippen molar-refractivity contribution in [2.24, 2.45) is 7.05 Å². The molecule has 6 heteroatoms. The largest absolute Gasteiger partial charge is 0.304 e. The van der Waals surface area contributed by atoms with Gasteiger partial charge in [-0.05, 0) is 0 Å². The molecule has 0 saturated carbocycles. The highest BCUT2D eigenvalue weighted by Gasteiger charge is 2.08. The molecule has 0 atom stereocenters. The van der Waals surface area contributed by atoms with Gasteiger partial charge in [0, 0.05) is 12.4 Å². The Morgan fingerprint density at radius 2 is 2.33 bits per heavy atom. The van der Waals surface area contributed by atoms with Gasteiger partial charge < -0.3 is 4.57 Å². The number of hydrogen-bond acceptors (Lipinski definition) is 5. The molecular formula is C6H6N4S2. The maximum absolute atomic E-state index is 4.12. The van der Waals surface area contributed by atoms with Crippen molar-refractivity contribution in [3.8, 4) is 11.5 Å². The van der Waals surface area contributed by atoms with Gasteiger partial charge in [-0.25, -0.2) is 4.98 Å². The van der Waals surface area contributed by atoms with Crippen LogP contribution in [0.4, 0.5) is 0 Å². The summed E-state index contributed by atoms with van der Waals surface area (Å²) in [6.45, 7) is 0. The minimum absolute atomic E-state index is 0.595. The number of thiol groups is 1. The highest BCUT2D eigenvalue weighted by atomic mass is 32.1. The van der Waals surface area contributed by atoms with Crippen LogP contribution in [0.2, 0.25) is 0 Å². The van der Waals surface area contributed by atoms with Gasteiger partial charge in [0.1, 0.15) is 5.69 Å². The Morgan fingerprint density at radius 1 is 1.50 bits per heavy atom. The van der Waals surface area contributed by atoms with Crippen molar-refractivity contribution in [3.05, 3.63) is 10.9 Å². The first kappa shape index (κ1) is 7.75. The molecule has 0 aliphatic rings. The first-order valence-corrected chi connectivity index (χ1v) is 4.65. The Labute approximate surface area is 78.7 Å². The highest BCUT2D eigenvalue weighted by Crippen LogP contribution is 2.17. The molecule has 0 bridgehead atoms. The Hall–Kier alpha value is -0.880. The summed E-state index contributed by atoms with van der Waals surface area (Å²) >= 11 is 5.65. The standard InChI is InChI=1S/C6H6N4S2/c1-10-5(8-9-6(10)11)4-2-12-3-7-4/h2-3H,1H3,(H,9,11). The van der Waals surface area contributed by atoms with E-state index in [1.165, 1.54) is 11.3 Å². The van der Waals surface area contributed by atoms with Crippen LogP contribution in [0.5, 0.6) is 0 Å². The molecule has 62 valence electrons. The zero-order valence-electron chi connectivity index (χ0n) is 6.30. The van der Waals surface area contributed by atoms with Crippen molar-refractivity contribution in [1.82, 2.24) is 19.7 Å². The maximum Gasteiger partial charge on any atom is 0.188 e. The van der Waals surface area contributed by atoms with E-state index in [0.29, 0.717) is 5.16 Å². The second kappa shape index (κ2) is 2.87. The topological polar surface area (TPSA) is 43.6 Å². The van der Waals surface area contributed by atoms with Gasteiger partial charge in [-0.3, -0.25) is 0 Å². The van der Waals surface area contributed by atoms with Crippen molar-refractivity contribution < 1.29 is 0 Å². The lowest BCUT2D eigenvalue weighted by Gasteiger charge is -1.95. The van der Waals surface area contributed by atoms with Crippen LogP contribution >= 0.6 is 24.0 Å². The number of aromatic nitrogens is 4. The molecule has 2 aromatic rings. The summed E-state index contributed by atoms with van der Waals surface area (Å²) in [5, 5.41) is 10.3. The highest BCUT2D eigenvalue weighted by molar-refractivity contribution is 7.80. The lowest BCUT2D eigenvalue weighted by atomic mass is 10.5. The Morgan fingerprint density at radius 3 is 2.83 bits per heavy atom. The molecule has 2 heterocycles. The van der Waals surface area contributed by atoms with E-state index in [-0.39, 0.29) is 0 Å². The second-order valence-electron chi connectivity index (χ2n) is 2.26. The van der Waals surface area contributed by atoms with Crippen LogP contribution < -0.4 is 0 Å². The summed E-state index contributed by atoms with van der Waals surface area (Å²) in [5.41, 5.74) is 2.61. The quantitative estimate of drug-likeness (QED) is 0.701. The van der Waals surface area contributed by atoms with Crippen molar-refractivity contribution >= 4 is 24.0 Å². The molecule has 0 aliphatic carbocycles. The van der Waals surface area contributed by atoms with E-state index in [4.69, 9.17) is 0 Å². The predicted octanol–water partition coefficient (Wildman–Crippen LogP) is 1.23. The van der Waals surface area contributed by atoms with E-state index in [0.717, 1.165) is 11.5 Å². The van der Waals surface area contributed by atoms with Gasteiger partial charge >= 0.3 is 0 Å². The average Bonchev–Trinajstić information content (AvgIpc) is 2.64. The molecule has 0 N–H and O–H groups in total. The lowest BCUT2D eigenvalue weighted by molar-refractivity contribution is 0.797. The molecule has 0 aromatic carbocycles. The third kappa shape index (κ3) is 1.12. The van der Waals surface area contributed by atoms with Crippen LogP contribution in [0.3, 0.4) is 0 Å². The minimum Gasteiger partial charge on any atom is -0.304 e. The number of thiazole rings is 1. The Bertz CT molecular complexity index is 378. The van der Waals surface area contributed by atoms with Gasteiger partial charge in [0.15, 0.2) is 11.0 Å². The van der Waals surface area contributed by atoms with E-state index >= 15 is 0 Å². The number of rotatable bonds is 1. The summed E-state index contributed by atoms with van der Waals surface area (Å²) in [5.74, 6) is 0.751. The summed E-state index contributed by atoms with van der Waals surface area (Å²) in [6.07, 6.45) is 0.